The van der Waals surface area contributed by atoms with Crippen molar-refractivity contribution in [3.8, 4) is 0 Å². The molecule has 1 aromatic carbocycles. The molecule has 3 aromatic rings. The fraction of sp³-hybridized carbons (Fsp3) is 0.0625. The molecule has 0 fully saturated rings. The molecular formula is C16H13N3O2S2. The lowest BCUT2D eigenvalue weighted by Gasteiger charge is -2.03. The lowest BCUT2D eigenvalue weighted by Crippen LogP contribution is -2.14. The van der Waals surface area contributed by atoms with E-state index in [0.29, 0.717) is 15.7 Å². The van der Waals surface area contributed by atoms with Gasteiger partial charge in [-0.2, -0.15) is 0 Å². The minimum Gasteiger partial charge on any atom is -0.326 e. The Hall–Kier alpha value is -2.51. The SMILES string of the molecule is O=C(Cc1csc(NC(=O)c2cccs2)n1)Nc1ccccc1. The molecule has 23 heavy (non-hydrogen) atoms. The van der Waals surface area contributed by atoms with Crippen LogP contribution < -0.4 is 10.6 Å². The first-order valence-electron chi connectivity index (χ1n) is 6.85. The Bertz CT molecular complexity index is 798. The van der Waals surface area contributed by atoms with Crippen molar-refractivity contribution < 1.29 is 9.59 Å². The van der Waals surface area contributed by atoms with Crippen LogP contribution in [0.25, 0.3) is 0 Å². The monoisotopic (exact) mass is 343 g/mol. The molecule has 0 aliphatic rings. The van der Waals surface area contributed by atoms with Gasteiger partial charge < -0.3 is 5.32 Å². The lowest BCUT2D eigenvalue weighted by molar-refractivity contribution is -0.115. The first kappa shape index (κ1) is 15.4. The van der Waals surface area contributed by atoms with Crippen molar-refractivity contribution in [2.24, 2.45) is 0 Å². The number of hydrogen-bond acceptors (Lipinski definition) is 5. The number of carbonyl (C=O) groups is 2. The molecule has 0 saturated carbocycles. The van der Waals surface area contributed by atoms with Gasteiger partial charge in [0.25, 0.3) is 5.91 Å². The summed E-state index contributed by atoms with van der Waals surface area (Å²) in [5.41, 5.74) is 1.38. The molecule has 116 valence electrons. The maximum absolute atomic E-state index is 12.0. The summed E-state index contributed by atoms with van der Waals surface area (Å²) in [4.78, 5) is 28.8. The van der Waals surface area contributed by atoms with Crippen LogP contribution in [0.4, 0.5) is 10.8 Å². The van der Waals surface area contributed by atoms with Gasteiger partial charge in [0.1, 0.15) is 0 Å². The fourth-order valence-electron chi connectivity index (χ4n) is 1.90. The van der Waals surface area contributed by atoms with E-state index in [1.54, 1.807) is 11.4 Å². The van der Waals surface area contributed by atoms with E-state index in [4.69, 9.17) is 0 Å². The molecular weight excluding hydrogens is 330 g/mol. The predicted molar refractivity (Wildman–Crippen MR) is 93.2 cm³/mol. The molecule has 2 aromatic heterocycles. The van der Waals surface area contributed by atoms with Crippen molar-refractivity contribution in [2.45, 2.75) is 6.42 Å². The van der Waals surface area contributed by atoms with Gasteiger partial charge in [0, 0.05) is 11.1 Å². The van der Waals surface area contributed by atoms with E-state index in [-0.39, 0.29) is 18.2 Å². The number of hydrogen-bond donors (Lipinski definition) is 2. The molecule has 0 saturated heterocycles. The van der Waals surface area contributed by atoms with Gasteiger partial charge in [0.05, 0.1) is 17.0 Å². The summed E-state index contributed by atoms with van der Waals surface area (Å²) < 4.78 is 0. The molecule has 0 unspecified atom stereocenters. The van der Waals surface area contributed by atoms with Crippen LogP contribution in [-0.2, 0) is 11.2 Å². The summed E-state index contributed by atoms with van der Waals surface area (Å²) in [7, 11) is 0. The zero-order valence-electron chi connectivity index (χ0n) is 12.0. The summed E-state index contributed by atoms with van der Waals surface area (Å²) in [6.45, 7) is 0. The van der Waals surface area contributed by atoms with Gasteiger partial charge in [-0.15, -0.1) is 22.7 Å². The summed E-state index contributed by atoms with van der Waals surface area (Å²) >= 11 is 2.67. The Morgan fingerprint density at radius 3 is 2.57 bits per heavy atom. The van der Waals surface area contributed by atoms with Crippen LogP contribution in [0.2, 0.25) is 0 Å². The zero-order valence-corrected chi connectivity index (χ0v) is 13.6. The number of para-hydroxylation sites is 1. The standard InChI is InChI=1S/C16H13N3O2S2/c20-14(17-11-5-2-1-3-6-11)9-12-10-23-16(18-12)19-15(21)13-7-4-8-22-13/h1-8,10H,9H2,(H,17,20)(H,18,19,21). The van der Waals surface area contributed by atoms with Gasteiger partial charge in [-0.1, -0.05) is 24.3 Å². The maximum atomic E-state index is 12.0. The summed E-state index contributed by atoms with van der Waals surface area (Å²) in [6, 6.07) is 12.8. The van der Waals surface area contributed by atoms with Gasteiger partial charge in [0.2, 0.25) is 5.91 Å². The Morgan fingerprint density at radius 2 is 1.83 bits per heavy atom. The second kappa shape index (κ2) is 7.17. The van der Waals surface area contributed by atoms with Gasteiger partial charge in [0.15, 0.2) is 5.13 Å². The molecule has 2 N–H and O–H groups in total. The molecule has 0 bridgehead atoms. The minimum atomic E-state index is -0.186. The van der Waals surface area contributed by atoms with Crippen LogP contribution >= 0.6 is 22.7 Å². The summed E-state index contributed by atoms with van der Waals surface area (Å²) in [6.07, 6.45) is 0.167. The Morgan fingerprint density at radius 1 is 1.00 bits per heavy atom. The van der Waals surface area contributed by atoms with Crippen LogP contribution in [0, 0.1) is 0 Å². The van der Waals surface area contributed by atoms with Crippen molar-refractivity contribution in [2.75, 3.05) is 10.6 Å². The molecule has 0 atom stereocenters. The van der Waals surface area contributed by atoms with E-state index >= 15 is 0 Å². The quantitative estimate of drug-likeness (QED) is 0.743. The highest BCUT2D eigenvalue weighted by atomic mass is 32.1. The second-order valence-corrected chi connectivity index (χ2v) is 6.47. The van der Waals surface area contributed by atoms with Crippen LogP contribution in [0.15, 0.2) is 53.2 Å². The van der Waals surface area contributed by atoms with E-state index in [1.165, 1.54) is 22.7 Å². The third kappa shape index (κ3) is 4.24. The highest BCUT2D eigenvalue weighted by Crippen LogP contribution is 2.18. The average molecular weight is 343 g/mol. The number of benzene rings is 1. The Kier molecular flexibility index (Phi) is 4.80. The van der Waals surface area contributed by atoms with Crippen molar-refractivity contribution in [1.29, 1.82) is 0 Å². The average Bonchev–Trinajstić information content (AvgIpc) is 3.20. The normalized spacial score (nSPS) is 10.3. The minimum absolute atomic E-state index is 0.141. The van der Waals surface area contributed by atoms with E-state index < -0.39 is 0 Å². The number of anilines is 2. The van der Waals surface area contributed by atoms with E-state index in [1.807, 2.05) is 41.8 Å². The molecule has 0 aliphatic carbocycles. The zero-order chi connectivity index (χ0) is 16.1. The van der Waals surface area contributed by atoms with Crippen molar-refractivity contribution in [3.63, 3.8) is 0 Å². The Balaban J connectivity index is 1.57. The van der Waals surface area contributed by atoms with Crippen LogP contribution in [0.1, 0.15) is 15.4 Å². The molecule has 2 heterocycles. The van der Waals surface area contributed by atoms with E-state index in [0.717, 1.165) is 5.69 Å². The molecule has 2 amide bonds. The first-order valence-corrected chi connectivity index (χ1v) is 8.61. The fourth-order valence-corrected chi connectivity index (χ4v) is 3.23. The molecule has 7 heteroatoms. The lowest BCUT2D eigenvalue weighted by atomic mass is 10.3. The second-order valence-electron chi connectivity index (χ2n) is 4.67. The van der Waals surface area contributed by atoms with Crippen LogP contribution in [0.3, 0.4) is 0 Å². The first-order chi connectivity index (χ1) is 11.2. The number of rotatable bonds is 5. The molecule has 5 nitrogen and oxygen atoms in total. The third-order valence-electron chi connectivity index (χ3n) is 2.92. The number of aromatic nitrogens is 1. The largest absolute Gasteiger partial charge is 0.326 e. The summed E-state index contributed by atoms with van der Waals surface area (Å²) in [5, 5.41) is 9.65. The molecule has 0 aliphatic heterocycles. The van der Waals surface area contributed by atoms with Crippen LogP contribution in [-0.4, -0.2) is 16.8 Å². The number of carbonyl (C=O) groups excluding carboxylic acids is 2. The highest BCUT2D eigenvalue weighted by Gasteiger charge is 2.11. The van der Waals surface area contributed by atoms with E-state index in [9.17, 15) is 9.59 Å². The smallest absolute Gasteiger partial charge is 0.267 e. The highest BCUT2D eigenvalue weighted by molar-refractivity contribution is 7.14. The molecule has 0 spiro atoms. The van der Waals surface area contributed by atoms with Gasteiger partial charge in [-0.05, 0) is 23.6 Å². The van der Waals surface area contributed by atoms with Gasteiger partial charge >= 0.3 is 0 Å². The molecule has 0 radical (unpaired) electrons. The maximum Gasteiger partial charge on any atom is 0.267 e. The molecule has 3 rings (SSSR count). The third-order valence-corrected chi connectivity index (χ3v) is 4.59. The number of thiophene rings is 1. The van der Waals surface area contributed by atoms with Gasteiger partial charge in [-0.25, -0.2) is 4.98 Å². The number of nitrogens with one attached hydrogen (secondary N) is 2. The number of amides is 2. The topological polar surface area (TPSA) is 71.1 Å². The number of thiazole rings is 1. The van der Waals surface area contributed by atoms with Gasteiger partial charge in [-0.3, -0.25) is 14.9 Å². The predicted octanol–water partition coefficient (Wildman–Crippen LogP) is 3.64. The number of nitrogens with zero attached hydrogens (tertiary/aromatic N) is 1. The van der Waals surface area contributed by atoms with Crippen molar-refractivity contribution in [1.82, 2.24) is 4.98 Å². The van der Waals surface area contributed by atoms with Crippen molar-refractivity contribution in [3.05, 3.63) is 63.8 Å². The van der Waals surface area contributed by atoms with E-state index in [2.05, 4.69) is 15.6 Å². The van der Waals surface area contributed by atoms with Crippen molar-refractivity contribution >= 4 is 45.3 Å². The summed E-state index contributed by atoms with van der Waals surface area (Å²) in [5.74, 6) is -0.327. The van der Waals surface area contributed by atoms with Crippen LogP contribution in [0.5, 0.6) is 0 Å². The Labute approximate surface area is 141 Å².